The highest BCUT2D eigenvalue weighted by Gasteiger charge is 2.17. The van der Waals surface area contributed by atoms with E-state index in [1.54, 1.807) is 40.1 Å². The van der Waals surface area contributed by atoms with E-state index in [1.807, 2.05) is 35.7 Å². The summed E-state index contributed by atoms with van der Waals surface area (Å²) in [5.74, 6) is 0.660. The molecule has 7 nitrogen and oxygen atoms in total. The van der Waals surface area contributed by atoms with E-state index in [-0.39, 0.29) is 4.21 Å². The lowest BCUT2D eigenvalue weighted by molar-refractivity contribution is 0.603. The molecule has 0 spiro atoms. The van der Waals surface area contributed by atoms with Crippen LogP contribution in [0.1, 0.15) is 0 Å². The van der Waals surface area contributed by atoms with E-state index in [0.29, 0.717) is 27.2 Å². The lowest BCUT2D eigenvalue weighted by Gasteiger charge is -2.08. The minimum absolute atomic E-state index is 0.155. The molecule has 1 aromatic carbocycles. The van der Waals surface area contributed by atoms with Crippen molar-refractivity contribution in [1.29, 1.82) is 0 Å². The topological polar surface area (TPSA) is 89.2 Å². The Morgan fingerprint density at radius 1 is 1.00 bits per heavy atom. The number of nitrogens with one attached hydrogen (secondary N) is 1. The summed E-state index contributed by atoms with van der Waals surface area (Å²) in [6, 6.07) is 17.7. The average Bonchev–Trinajstić information content (AvgIpc) is 3.47. The van der Waals surface area contributed by atoms with Crippen LogP contribution in [-0.2, 0) is 10.0 Å². The Morgan fingerprint density at radius 2 is 1.90 bits per heavy atom. The zero-order valence-electron chi connectivity index (χ0n) is 15.1. The van der Waals surface area contributed by atoms with Crippen LogP contribution in [0.25, 0.3) is 27.6 Å². The summed E-state index contributed by atoms with van der Waals surface area (Å²) in [5, 5.41) is 15.0. The number of halogens is 1. The quantitative estimate of drug-likeness (QED) is 0.386. The summed E-state index contributed by atoms with van der Waals surface area (Å²) in [6.45, 7) is 0. The maximum absolute atomic E-state index is 12.6. The SMILES string of the molecule is O=S(=O)(Nc1cccc(-c2ccc3nnc(-c4cccs4)n3n2)c1)c1ccc(Cl)s1. The summed E-state index contributed by atoms with van der Waals surface area (Å²) in [7, 11) is -3.71. The minimum Gasteiger partial charge on any atom is -0.279 e. The fourth-order valence-corrected chi connectivity index (χ4v) is 6.12. The predicted molar refractivity (Wildman–Crippen MR) is 120 cm³/mol. The van der Waals surface area contributed by atoms with Crippen LogP contribution in [0.2, 0.25) is 4.34 Å². The van der Waals surface area contributed by atoms with Gasteiger partial charge >= 0.3 is 0 Å². The number of thiophene rings is 2. The van der Waals surface area contributed by atoms with Gasteiger partial charge in [0.05, 0.1) is 14.9 Å². The molecule has 11 heteroatoms. The van der Waals surface area contributed by atoms with Crippen LogP contribution in [0.3, 0.4) is 0 Å². The van der Waals surface area contributed by atoms with Gasteiger partial charge in [-0.1, -0.05) is 29.8 Å². The van der Waals surface area contributed by atoms with Gasteiger partial charge in [-0.3, -0.25) is 4.72 Å². The number of anilines is 1. The Labute approximate surface area is 184 Å². The number of rotatable bonds is 5. The van der Waals surface area contributed by atoms with Gasteiger partial charge in [0.15, 0.2) is 11.5 Å². The zero-order valence-corrected chi connectivity index (χ0v) is 18.3. The summed E-state index contributed by atoms with van der Waals surface area (Å²) < 4.78 is 30.0. The summed E-state index contributed by atoms with van der Waals surface area (Å²) in [4.78, 5) is 0.961. The Balaban J connectivity index is 1.51. The first kappa shape index (κ1) is 19.2. The maximum Gasteiger partial charge on any atom is 0.271 e. The Hall–Kier alpha value is -2.79. The highest BCUT2D eigenvalue weighted by molar-refractivity contribution is 7.94. The lowest BCUT2D eigenvalue weighted by Crippen LogP contribution is -2.11. The second-order valence-corrected chi connectivity index (χ2v) is 10.8. The maximum atomic E-state index is 12.6. The van der Waals surface area contributed by atoms with Gasteiger partial charge in [-0.05, 0) is 47.8 Å². The molecule has 0 saturated carbocycles. The number of benzene rings is 1. The molecule has 0 saturated heterocycles. The van der Waals surface area contributed by atoms with E-state index in [0.717, 1.165) is 21.8 Å². The van der Waals surface area contributed by atoms with Gasteiger partial charge in [0.2, 0.25) is 0 Å². The molecule has 5 aromatic rings. The van der Waals surface area contributed by atoms with Crippen LogP contribution < -0.4 is 4.72 Å². The van der Waals surface area contributed by atoms with Crippen molar-refractivity contribution >= 4 is 55.6 Å². The second-order valence-electron chi connectivity index (χ2n) is 6.23. The molecular weight excluding hydrogens is 462 g/mol. The van der Waals surface area contributed by atoms with Crippen molar-refractivity contribution in [1.82, 2.24) is 19.8 Å². The van der Waals surface area contributed by atoms with Gasteiger partial charge in [-0.25, -0.2) is 8.42 Å². The molecule has 0 aliphatic rings. The summed E-state index contributed by atoms with van der Waals surface area (Å²) >= 11 is 8.43. The highest BCUT2D eigenvalue weighted by Crippen LogP contribution is 2.29. The van der Waals surface area contributed by atoms with Crippen molar-refractivity contribution in [3.8, 4) is 22.0 Å². The zero-order chi connectivity index (χ0) is 20.7. The second kappa shape index (κ2) is 7.47. The van der Waals surface area contributed by atoms with E-state index in [2.05, 4.69) is 20.0 Å². The minimum atomic E-state index is -3.71. The molecule has 0 fully saturated rings. The van der Waals surface area contributed by atoms with Crippen molar-refractivity contribution in [3.63, 3.8) is 0 Å². The van der Waals surface area contributed by atoms with Crippen LogP contribution in [0, 0.1) is 0 Å². The van der Waals surface area contributed by atoms with Gasteiger partial charge < -0.3 is 0 Å². The van der Waals surface area contributed by atoms with Crippen molar-refractivity contribution in [2.45, 2.75) is 4.21 Å². The molecule has 0 unspecified atom stereocenters. The fraction of sp³-hybridized carbons (Fsp3) is 0. The number of hydrogen-bond acceptors (Lipinski definition) is 7. The Bertz CT molecular complexity index is 1460. The Morgan fingerprint density at radius 3 is 2.67 bits per heavy atom. The standard InChI is InChI=1S/C19H12ClN5O2S3/c20-16-7-9-18(29-16)30(26,27)24-13-4-1-3-12(11-13)14-6-8-17-21-22-19(25(17)23-14)15-5-2-10-28-15/h1-11,24H. The van der Waals surface area contributed by atoms with Crippen molar-refractivity contribution < 1.29 is 8.42 Å². The van der Waals surface area contributed by atoms with Crippen LogP contribution in [-0.4, -0.2) is 28.2 Å². The van der Waals surface area contributed by atoms with Crippen molar-refractivity contribution in [2.75, 3.05) is 4.72 Å². The van der Waals surface area contributed by atoms with Gasteiger partial charge in [-0.15, -0.1) is 32.9 Å². The van der Waals surface area contributed by atoms with E-state index in [9.17, 15) is 8.42 Å². The monoisotopic (exact) mass is 473 g/mol. The van der Waals surface area contributed by atoms with Crippen molar-refractivity contribution in [3.05, 3.63) is 70.4 Å². The van der Waals surface area contributed by atoms with Crippen LogP contribution in [0.4, 0.5) is 5.69 Å². The van der Waals surface area contributed by atoms with Gasteiger partial charge in [-0.2, -0.15) is 9.61 Å². The smallest absolute Gasteiger partial charge is 0.271 e. The number of aromatic nitrogens is 4. The number of sulfonamides is 1. The average molecular weight is 474 g/mol. The molecule has 0 aliphatic heterocycles. The van der Waals surface area contributed by atoms with E-state index in [4.69, 9.17) is 11.6 Å². The number of fused-ring (bicyclic) bond motifs is 1. The molecule has 4 heterocycles. The first-order valence-corrected chi connectivity index (χ1v) is 12.2. The number of nitrogens with zero attached hydrogens (tertiary/aromatic N) is 4. The highest BCUT2D eigenvalue weighted by atomic mass is 35.5. The van der Waals surface area contributed by atoms with Gasteiger partial charge in [0, 0.05) is 11.3 Å². The normalized spacial score (nSPS) is 11.8. The van der Waals surface area contributed by atoms with E-state index in [1.165, 1.54) is 6.07 Å². The molecule has 0 amide bonds. The molecule has 30 heavy (non-hydrogen) atoms. The third-order valence-electron chi connectivity index (χ3n) is 4.23. The third-order valence-corrected chi connectivity index (χ3v) is 8.20. The predicted octanol–water partition coefficient (Wildman–Crippen LogP) is 5.04. The first-order chi connectivity index (χ1) is 14.5. The van der Waals surface area contributed by atoms with Crippen LogP contribution >= 0.6 is 34.3 Å². The largest absolute Gasteiger partial charge is 0.279 e. The lowest BCUT2D eigenvalue weighted by atomic mass is 10.1. The van der Waals surface area contributed by atoms with Gasteiger partial charge in [0.25, 0.3) is 10.0 Å². The van der Waals surface area contributed by atoms with Crippen LogP contribution in [0.5, 0.6) is 0 Å². The van der Waals surface area contributed by atoms with Crippen molar-refractivity contribution in [2.24, 2.45) is 0 Å². The summed E-state index contributed by atoms with van der Waals surface area (Å²) in [6.07, 6.45) is 0. The molecular formula is C19H12ClN5O2S3. The molecule has 1 N–H and O–H groups in total. The molecule has 0 bridgehead atoms. The summed E-state index contributed by atoms with van der Waals surface area (Å²) in [5.41, 5.74) is 2.49. The number of hydrogen-bond donors (Lipinski definition) is 1. The first-order valence-electron chi connectivity index (χ1n) is 8.64. The molecule has 150 valence electrons. The third kappa shape index (κ3) is 3.58. The molecule has 4 aromatic heterocycles. The van der Waals surface area contributed by atoms with Gasteiger partial charge in [0.1, 0.15) is 4.21 Å². The molecule has 5 rings (SSSR count). The Kier molecular flexibility index (Phi) is 4.78. The molecule has 0 atom stereocenters. The molecule has 0 aliphatic carbocycles. The fourth-order valence-electron chi connectivity index (χ4n) is 2.89. The van der Waals surface area contributed by atoms with E-state index < -0.39 is 10.0 Å². The van der Waals surface area contributed by atoms with E-state index >= 15 is 0 Å². The molecule has 0 radical (unpaired) electrons. The van der Waals surface area contributed by atoms with Crippen LogP contribution in [0.15, 0.2) is 70.3 Å².